The lowest BCUT2D eigenvalue weighted by Crippen LogP contribution is -2.29. The number of nitrogens with one attached hydrogen (secondary N) is 2. The number of hydrogen-bond acceptors (Lipinski definition) is 3. The van der Waals surface area contributed by atoms with E-state index in [1.54, 1.807) is 29.3 Å². The molecule has 1 aromatic carbocycles. The Bertz CT molecular complexity index is 718. The van der Waals surface area contributed by atoms with Crippen molar-refractivity contribution < 1.29 is 9.59 Å². The first kappa shape index (κ1) is 15.0. The van der Waals surface area contributed by atoms with Crippen LogP contribution in [-0.2, 0) is 0 Å². The van der Waals surface area contributed by atoms with E-state index in [4.69, 9.17) is 0 Å². The average molecular weight is 310 g/mol. The molecule has 0 aliphatic carbocycles. The van der Waals surface area contributed by atoms with Crippen LogP contribution in [0.4, 0.5) is 10.5 Å². The molecular formula is C17H18N4O2. The zero-order chi connectivity index (χ0) is 16.2. The highest BCUT2D eigenvalue weighted by atomic mass is 16.2. The van der Waals surface area contributed by atoms with Gasteiger partial charge < -0.3 is 10.6 Å². The van der Waals surface area contributed by atoms with Crippen molar-refractivity contribution in [2.45, 2.75) is 13.0 Å². The first-order valence-corrected chi connectivity index (χ1v) is 7.52. The van der Waals surface area contributed by atoms with Crippen molar-refractivity contribution >= 4 is 17.6 Å². The highest BCUT2D eigenvalue weighted by molar-refractivity contribution is 5.98. The summed E-state index contributed by atoms with van der Waals surface area (Å²) in [7, 11) is 0. The van der Waals surface area contributed by atoms with Gasteiger partial charge in [0.15, 0.2) is 0 Å². The molecule has 6 nitrogen and oxygen atoms in total. The molecule has 1 aromatic heterocycles. The van der Waals surface area contributed by atoms with Crippen molar-refractivity contribution in [3.05, 3.63) is 59.9 Å². The molecule has 3 rings (SSSR count). The second-order valence-electron chi connectivity index (χ2n) is 5.38. The van der Waals surface area contributed by atoms with Gasteiger partial charge in [0.1, 0.15) is 0 Å². The Kier molecular flexibility index (Phi) is 4.23. The third-order valence-electron chi connectivity index (χ3n) is 3.76. The molecule has 0 unspecified atom stereocenters. The van der Waals surface area contributed by atoms with E-state index in [0.29, 0.717) is 18.7 Å². The molecule has 1 aliphatic rings. The number of aromatic nitrogens is 1. The van der Waals surface area contributed by atoms with Gasteiger partial charge in [-0.15, -0.1) is 0 Å². The van der Waals surface area contributed by atoms with Gasteiger partial charge in [0.2, 0.25) is 0 Å². The van der Waals surface area contributed by atoms with Crippen molar-refractivity contribution in [1.29, 1.82) is 0 Å². The first-order chi connectivity index (χ1) is 11.1. The summed E-state index contributed by atoms with van der Waals surface area (Å²) in [6.07, 6.45) is 1.70. The van der Waals surface area contributed by atoms with E-state index in [2.05, 4.69) is 15.6 Å². The Morgan fingerprint density at radius 2 is 2.17 bits per heavy atom. The summed E-state index contributed by atoms with van der Waals surface area (Å²) >= 11 is 0. The summed E-state index contributed by atoms with van der Waals surface area (Å²) in [5.41, 5.74) is 2.04. The van der Waals surface area contributed by atoms with Crippen LogP contribution < -0.4 is 15.5 Å². The Hall–Kier alpha value is -2.89. The lowest BCUT2D eigenvalue weighted by Gasteiger charge is -2.16. The monoisotopic (exact) mass is 310 g/mol. The molecule has 1 atom stereocenters. The smallest absolute Gasteiger partial charge is 0.321 e. The minimum Gasteiger partial charge on any atom is -0.344 e. The summed E-state index contributed by atoms with van der Waals surface area (Å²) < 4.78 is 0. The normalized spacial score (nSPS) is 15.2. The molecule has 2 aromatic rings. The molecule has 3 amide bonds. The van der Waals surface area contributed by atoms with Crippen LogP contribution in [0, 0.1) is 0 Å². The number of carbonyl (C=O) groups excluding carboxylic acids is 2. The minimum atomic E-state index is -0.192. The maximum absolute atomic E-state index is 12.4. The Morgan fingerprint density at radius 1 is 1.30 bits per heavy atom. The molecule has 6 heteroatoms. The van der Waals surface area contributed by atoms with Gasteiger partial charge in [-0.1, -0.05) is 12.1 Å². The summed E-state index contributed by atoms with van der Waals surface area (Å²) in [6.45, 7) is 3.11. The standard InChI is InChI=1S/C17H18N4O2/c1-12(15-7-2-3-8-18-15)20-16(22)13-5-4-6-14(11-13)21-10-9-19-17(21)23/h2-8,11-12H,9-10H2,1H3,(H,19,23)(H,20,22)/t12-/m0/s1. The van der Waals surface area contributed by atoms with E-state index < -0.39 is 0 Å². The number of anilines is 1. The van der Waals surface area contributed by atoms with Gasteiger partial charge in [0, 0.05) is 30.5 Å². The van der Waals surface area contributed by atoms with E-state index >= 15 is 0 Å². The van der Waals surface area contributed by atoms with Gasteiger partial charge in [-0.05, 0) is 37.3 Å². The maximum atomic E-state index is 12.4. The van der Waals surface area contributed by atoms with Crippen LogP contribution in [0.3, 0.4) is 0 Å². The molecule has 1 saturated heterocycles. The number of amides is 3. The van der Waals surface area contributed by atoms with Crippen LogP contribution in [0.15, 0.2) is 48.7 Å². The van der Waals surface area contributed by atoms with Crippen LogP contribution in [0.2, 0.25) is 0 Å². The average Bonchev–Trinajstić information content (AvgIpc) is 3.02. The number of pyridine rings is 1. The maximum Gasteiger partial charge on any atom is 0.321 e. The molecule has 2 N–H and O–H groups in total. The summed E-state index contributed by atoms with van der Waals surface area (Å²) in [5, 5.41) is 5.67. The number of carbonyl (C=O) groups is 2. The highest BCUT2D eigenvalue weighted by Crippen LogP contribution is 2.19. The zero-order valence-corrected chi connectivity index (χ0v) is 12.8. The topological polar surface area (TPSA) is 74.3 Å². The quantitative estimate of drug-likeness (QED) is 0.908. The van der Waals surface area contributed by atoms with Crippen molar-refractivity contribution in [3.63, 3.8) is 0 Å². The number of hydrogen-bond donors (Lipinski definition) is 2. The second kappa shape index (κ2) is 6.48. The molecule has 1 aliphatic heterocycles. The largest absolute Gasteiger partial charge is 0.344 e. The van der Waals surface area contributed by atoms with Gasteiger partial charge >= 0.3 is 6.03 Å². The van der Waals surface area contributed by atoms with Crippen molar-refractivity contribution in [2.75, 3.05) is 18.0 Å². The third-order valence-corrected chi connectivity index (χ3v) is 3.76. The van der Waals surface area contributed by atoms with Gasteiger partial charge in [0.25, 0.3) is 5.91 Å². The fourth-order valence-corrected chi connectivity index (χ4v) is 2.52. The van der Waals surface area contributed by atoms with Gasteiger partial charge in [-0.3, -0.25) is 14.7 Å². The van der Waals surface area contributed by atoms with Crippen LogP contribution in [0.5, 0.6) is 0 Å². The van der Waals surface area contributed by atoms with Gasteiger partial charge in [-0.25, -0.2) is 4.79 Å². The van der Waals surface area contributed by atoms with Gasteiger partial charge in [0.05, 0.1) is 11.7 Å². The van der Waals surface area contributed by atoms with E-state index in [1.165, 1.54) is 0 Å². The lowest BCUT2D eigenvalue weighted by molar-refractivity contribution is 0.0939. The summed E-state index contributed by atoms with van der Waals surface area (Å²) in [4.78, 5) is 30.0. The molecule has 0 bridgehead atoms. The molecule has 23 heavy (non-hydrogen) atoms. The zero-order valence-electron chi connectivity index (χ0n) is 12.8. The molecule has 1 fully saturated rings. The molecule has 0 saturated carbocycles. The molecule has 118 valence electrons. The Morgan fingerprint density at radius 3 is 2.87 bits per heavy atom. The summed E-state index contributed by atoms with van der Waals surface area (Å²) in [6, 6.07) is 12.3. The lowest BCUT2D eigenvalue weighted by atomic mass is 10.1. The van der Waals surface area contributed by atoms with E-state index in [9.17, 15) is 9.59 Å². The second-order valence-corrected chi connectivity index (χ2v) is 5.38. The predicted molar refractivity (Wildman–Crippen MR) is 87.3 cm³/mol. The number of urea groups is 1. The minimum absolute atomic E-state index is 0.135. The van der Waals surface area contributed by atoms with Crippen molar-refractivity contribution in [1.82, 2.24) is 15.6 Å². The molecule has 2 heterocycles. The molecule has 0 radical (unpaired) electrons. The van der Waals surface area contributed by atoms with Gasteiger partial charge in [-0.2, -0.15) is 0 Å². The molecule has 0 spiro atoms. The first-order valence-electron chi connectivity index (χ1n) is 7.52. The van der Waals surface area contributed by atoms with Crippen molar-refractivity contribution in [3.8, 4) is 0 Å². The SMILES string of the molecule is C[C@H](NC(=O)c1cccc(N2CCNC2=O)c1)c1ccccn1. The fourth-order valence-electron chi connectivity index (χ4n) is 2.52. The third kappa shape index (κ3) is 3.31. The van der Waals surface area contributed by atoms with Crippen LogP contribution in [0.1, 0.15) is 29.0 Å². The fraction of sp³-hybridized carbons (Fsp3) is 0.235. The number of benzene rings is 1. The molecular weight excluding hydrogens is 292 g/mol. The van der Waals surface area contributed by atoms with Crippen LogP contribution in [0.25, 0.3) is 0 Å². The van der Waals surface area contributed by atoms with Crippen LogP contribution in [-0.4, -0.2) is 30.0 Å². The van der Waals surface area contributed by atoms with E-state index in [1.807, 2.05) is 31.2 Å². The van der Waals surface area contributed by atoms with E-state index in [0.717, 1.165) is 11.4 Å². The van der Waals surface area contributed by atoms with Crippen LogP contribution >= 0.6 is 0 Å². The summed E-state index contributed by atoms with van der Waals surface area (Å²) in [5.74, 6) is -0.190. The van der Waals surface area contributed by atoms with E-state index in [-0.39, 0.29) is 18.0 Å². The predicted octanol–water partition coefficient (Wildman–Crippen LogP) is 2.10. The Balaban J connectivity index is 1.74. The Labute approximate surface area is 134 Å². The number of rotatable bonds is 4. The highest BCUT2D eigenvalue weighted by Gasteiger charge is 2.22. The van der Waals surface area contributed by atoms with Crippen molar-refractivity contribution in [2.24, 2.45) is 0 Å². The number of nitrogens with zero attached hydrogens (tertiary/aromatic N) is 2.